The molecule has 0 bridgehead atoms. The minimum atomic E-state index is -0.739. The van der Waals surface area contributed by atoms with Crippen molar-refractivity contribution in [3.05, 3.63) is 52.6 Å². The zero-order chi connectivity index (χ0) is 27.2. The minimum Gasteiger partial charge on any atom is -0.444 e. The Balaban J connectivity index is 1.88. The van der Waals surface area contributed by atoms with Crippen LogP contribution in [0.4, 0.5) is 10.6 Å². The highest BCUT2D eigenvalue weighted by atomic mass is 32.2. The molecule has 10 heteroatoms. The van der Waals surface area contributed by atoms with E-state index in [2.05, 4.69) is 17.5 Å². The summed E-state index contributed by atoms with van der Waals surface area (Å²) in [5.74, 6) is 0.0122. The molecule has 1 fully saturated rings. The van der Waals surface area contributed by atoms with E-state index in [0.29, 0.717) is 52.6 Å². The van der Waals surface area contributed by atoms with E-state index in [1.807, 2.05) is 42.3 Å². The monoisotopic (exact) mass is 520 g/mol. The highest BCUT2D eigenvalue weighted by molar-refractivity contribution is 8.00. The molecule has 1 aliphatic rings. The number of benzene rings is 1. The minimum absolute atomic E-state index is 0.108. The number of nitrogens with one attached hydrogen (secondary N) is 1. The Bertz CT molecular complexity index is 1230. The molecule has 1 aromatic carbocycles. The molecule has 1 heterocycles. The number of thioether (sulfide) groups is 1. The van der Waals surface area contributed by atoms with Crippen LogP contribution >= 0.6 is 11.8 Å². The van der Waals surface area contributed by atoms with Crippen molar-refractivity contribution in [2.45, 2.75) is 61.8 Å². The number of ether oxygens (including phenoxy) is 1. The van der Waals surface area contributed by atoms with Gasteiger partial charge in [0.2, 0.25) is 5.91 Å². The standard InChI is InChI=1S/C27H32N6O3S/c1-27(2,3)36-26(35)31-13-8-14-33(4)24-19(15-28)21(17-11-12-17)20(16-29)25(32-24)37-22(23(30)34)18-9-6-5-7-10-18/h5-7,9-10,17,22H,8,11-14H2,1-4H3,(H2,30,34)(H,31,35). The number of rotatable bonds is 10. The lowest BCUT2D eigenvalue weighted by atomic mass is 10.00. The summed E-state index contributed by atoms with van der Waals surface area (Å²) in [6.07, 6.45) is 1.87. The van der Waals surface area contributed by atoms with Crippen LogP contribution in [0.3, 0.4) is 0 Å². The van der Waals surface area contributed by atoms with E-state index in [1.165, 1.54) is 0 Å². The lowest BCUT2D eigenvalue weighted by molar-refractivity contribution is -0.117. The van der Waals surface area contributed by atoms with Gasteiger partial charge in [0.1, 0.15) is 33.8 Å². The van der Waals surface area contributed by atoms with Crippen LogP contribution in [0.5, 0.6) is 0 Å². The predicted octanol–water partition coefficient (Wildman–Crippen LogP) is 4.37. The number of hydrogen-bond acceptors (Lipinski definition) is 8. The van der Waals surface area contributed by atoms with E-state index in [1.54, 1.807) is 20.8 Å². The van der Waals surface area contributed by atoms with E-state index in [-0.39, 0.29) is 5.92 Å². The lowest BCUT2D eigenvalue weighted by Crippen LogP contribution is -2.34. The van der Waals surface area contributed by atoms with Crippen LogP contribution in [0.2, 0.25) is 0 Å². The van der Waals surface area contributed by atoms with E-state index in [4.69, 9.17) is 15.5 Å². The number of nitrogens with two attached hydrogens (primary N) is 1. The van der Waals surface area contributed by atoms with Crippen molar-refractivity contribution in [3.8, 4) is 12.1 Å². The maximum Gasteiger partial charge on any atom is 0.407 e. The molecule has 1 unspecified atom stereocenters. The number of amides is 2. The third kappa shape index (κ3) is 7.37. The van der Waals surface area contributed by atoms with Crippen LogP contribution in [-0.4, -0.2) is 42.7 Å². The molecule has 1 saturated carbocycles. The molecular formula is C27H32N6O3S. The Morgan fingerprint density at radius 2 is 1.86 bits per heavy atom. The van der Waals surface area contributed by atoms with Gasteiger partial charge in [-0.25, -0.2) is 9.78 Å². The Hall–Kier alpha value is -3.76. The quantitative estimate of drug-likeness (QED) is 0.347. The van der Waals surface area contributed by atoms with Crippen molar-refractivity contribution in [1.82, 2.24) is 10.3 Å². The molecule has 3 rings (SSSR count). The van der Waals surface area contributed by atoms with E-state index >= 15 is 0 Å². The lowest BCUT2D eigenvalue weighted by Gasteiger charge is -2.24. The normalized spacial score (nSPS) is 13.7. The fourth-order valence-electron chi connectivity index (χ4n) is 3.89. The van der Waals surface area contributed by atoms with E-state index in [0.717, 1.165) is 24.6 Å². The van der Waals surface area contributed by atoms with Gasteiger partial charge in [-0.05, 0) is 57.1 Å². The first kappa shape index (κ1) is 27.8. The topological polar surface area (TPSA) is 145 Å². The van der Waals surface area contributed by atoms with Crippen molar-refractivity contribution < 1.29 is 14.3 Å². The number of aromatic nitrogens is 1. The molecule has 1 aromatic heterocycles. The number of anilines is 1. The number of pyridine rings is 1. The van der Waals surface area contributed by atoms with Crippen LogP contribution < -0.4 is 16.0 Å². The van der Waals surface area contributed by atoms with Gasteiger partial charge in [0.15, 0.2) is 0 Å². The van der Waals surface area contributed by atoms with Gasteiger partial charge in [0, 0.05) is 20.1 Å². The first-order chi connectivity index (χ1) is 17.6. The molecular weight excluding hydrogens is 488 g/mol. The maximum absolute atomic E-state index is 12.4. The third-order valence-corrected chi connectivity index (χ3v) is 6.94. The molecule has 0 spiro atoms. The fraction of sp³-hybridized carbons (Fsp3) is 0.444. The smallest absolute Gasteiger partial charge is 0.407 e. The van der Waals surface area contributed by atoms with Gasteiger partial charge in [-0.3, -0.25) is 4.79 Å². The second kappa shape index (κ2) is 12.0. The molecule has 1 aliphatic carbocycles. The Morgan fingerprint density at radius 3 is 2.41 bits per heavy atom. The number of primary amides is 1. The van der Waals surface area contributed by atoms with Gasteiger partial charge in [-0.1, -0.05) is 42.1 Å². The highest BCUT2D eigenvalue weighted by Gasteiger charge is 2.35. The van der Waals surface area contributed by atoms with Crippen molar-refractivity contribution in [1.29, 1.82) is 10.5 Å². The van der Waals surface area contributed by atoms with Gasteiger partial charge < -0.3 is 20.7 Å². The van der Waals surface area contributed by atoms with Crippen LogP contribution in [0.15, 0.2) is 35.4 Å². The number of carbonyl (C=O) groups excluding carboxylic acids is 2. The van der Waals surface area contributed by atoms with Gasteiger partial charge in [-0.15, -0.1) is 0 Å². The largest absolute Gasteiger partial charge is 0.444 e. The van der Waals surface area contributed by atoms with Crippen molar-refractivity contribution in [2.24, 2.45) is 5.73 Å². The molecule has 1 atom stereocenters. The zero-order valence-electron chi connectivity index (χ0n) is 21.6. The molecule has 37 heavy (non-hydrogen) atoms. The summed E-state index contributed by atoms with van der Waals surface area (Å²) >= 11 is 1.13. The Morgan fingerprint density at radius 1 is 1.22 bits per heavy atom. The summed E-state index contributed by atoms with van der Waals surface area (Å²) in [7, 11) is 1.82. The summed E-state index contributed by atoms with van der Waals surface area (Å²) in [5, 5.41) is 22.5. The third-order valence-electron chi connectivity index (χ3n) is 5.68. The first-order valence-electron chi connectivity index (χ1n) is 12.1. The average molecular weight is 521 g/mol. The SMILES string of the molecule is CN(CCCNC(=O)OC(C)(C)C)c1nc(SC(C(N)=O)c2ccccc2)c(C#N)c(C2CC2)c1C#N. The first-order valence-corrected chi connectivity index (χ1v) is 13.0. The number of nitriles is 2. The predicted molar refractivity (Wildman–Crippen MR) is 142 cm³/mol. The van der Waals surface area contributed by atoms with Crippen LogP contribution in [-0.2, 0) is 9.53 Å². The summed E-state index contributed by atoms with van der Waals surface area (Å²) in [6, 6.07) is 13.6. The fourth-order valence-corrected chi connectivity index (χ4v) is 4.93. The van der Waals surface area contributed by atoms with Crippen molar-refractivity contribution >= 4 is 29.6 Å². The van der Waals surface area contributed by atoms with E-state index in [9.17, 15) is 20.1 Å². The number of alkyl carbamates (subject to hydrolysis) is 1. The summed E-state index contributed by atoms with van der Waals surface area (Å²) in [4.78, 5) is 30.9. The molecule has 194 valence electrons. The molecule has 2 aromatic rings. The van der Waals surface area contributed by atoms with Crippen LogP contribution in [0.25, 0.3) is 0 Å². The van der Waals surface area contributed by atoms with Crippen molar-refractivity contribution in [2.75, 3.05) is 25.0 Å². The van der Waals surface area contributed by atoms with E-state index < -0.39 is 22.9 Å². The summed E-state index contributed by atoms with van der Waals surface area (Å²) in [6.45, 7) is 6.28. The zero-order valence-corrected chi connectivity index (χ0v) is 22.4. The Kier molecular flexibility index (Phi) is 9.01. The molecule has 9 nitrogen and oxygen atoms in total. The summed E-state index contributed by atoms with van der Waals surface area (Å²) < 4.78 is 5.26. The van der Waals surface area contributed by atoms with Gasteiger partial charge in [0.25, 0.3) is 0 Å². The second-order valence-electron chi connectivity index (χ2n) is 9.92. The van der Waals surface area contributed by atoms with Gasteiger partial charge >= 0.3 is 6.09 Å². The number of nitrogens with zero attached hydrogens (tertiary/aromatic N) is 4. The maximum atomic E-state index is 12.4. The Labute approximate surface area is 222 Å². The molecule has 0 aliphatic heterocycles. The second-order valence-corrected chi connectivity index (χ2v) is 11.0. The van der Waals surface area contributed by atoms with Crippen LogP contribution in [0, 0.1) is 22.7 Å². The molecule has 0 saturated heterocycles. The van der Waals surface area contributed by atoms with Gasteiger partial charge in [0.05, 0.1) is 11.1 Å². The average Bonchev–Trinajstić information content (AvgIpc) is 3.68. The molecule has 3 N–H and O–H groups in total. The van der Waals surface area contributed by atoms with Crippen molar-refractivity contribution in [3.63, 3.8) is 0 Å². The molecule has 0 radical (unpaired) electrons. The number of hydrogen-bond donors (Lipinski definition) is 2. The number of carbonyl (C=O) groups is 2. The summed E-state index contributed by atoms with van der Waals surface area (Å²) in [5.41, 5.74) is 7.27. The van der Waals surface area contributed by atoms with Gasteiger partial charge in [-0.2, -0.15) is 10.5 Å². The van der Waals surface area contributed by atoms with Crippen LogP contribution in [0.1, 0.15) is 73.5 Å². The highest BCUT2D eigenvalue weighted by Crippen LogP contribution is 2.48. The molecule has 2 amide bonds.